The third-order valence-electron chi connectivity index (χ3n) is 17.2. The van der Waals surface area contributed by atoms with E-state index in [-0.39, 0.29) is 51.1 Å². The fraction of sp³-hybridized carbons (Fsp3) is 0.930. The van der Waals surface area contributed by atoms with Crippen LogP contribution in [0.3, 0.4) is 0 Å². The Hall–Kier alpha value is -1.67. The second-order valence-corrected chi connectivity index (χ2v) is 21.1. The molecule has 0 bridgehead atoms. The fourth-order valence-electron chi connectivity index (χ4n) is 14.1. The van der Waals surface area contributed by atoms with Crippen molar-refractivity contribution in [1.82, 2.24) is 15.1 Å². The molecule has 1 amide bonds. The molecule has 6 aliphatic rings. The number of rotatable bonds is 9. The SMILES string of the molecule is CCN1CCN(CC(C)(C)NC(=O)[C@]23CCC[C@@H]2[C@H]2CC[C@@H]4[C@@]5(C)CC[C@H](OC(=O)CC(C)(C)C(=O)O)C(C)(C)[C@@H]5CC[C@@]4(C)[C@]2(C)CC3)CC1. The third-order valence-corrected chi connectivity index (χ3v) is 17.2. The molecule has 1 aliphatic heterocycles. The number of amides is 1. The molecule has 9 atom stereocenters. The Balaban J connectivity index is 1.16. The van der Waals surface area contributed by atoms with Gasteiger partial charge in [0.2, 0.25) is 5.91 Å². The van der Waals surface area contributed by atoms with Crippen LogP contribution in [0.25, 0.3) is 0 Å². The van der Waals surface area contributed by atoms with Gasteiger partial charge in [0, 0.05) is 43.7 Å². The lowest BCUT2D eigenvalue weighted by atomic mass is 9.32. The minimum atomic E-state index is -1.14. The molecular weight excluding hydrogens is 638 g/mol. The molecule has 2 N–H and O–H groups in total. The number of nitrogens with one attached hydrogen (secondary N) is 1. The van der Waals surface area contributed by atoms with Crippen molar-refractivity contribution in [3.63, 3.8) is 0 Å². The highest BCUT2D eigenvalue weighted by atomic mass is 16.5. The zero-order valence-electron chi connectivity index (χ0n) is 34.1. The van der Waals surface area contributed by atoms with Gasteiger partial charge in [-0.2, -0.15) is 0 Å². The summed E-state index contributed by atoms with van der Waals surface area (Å²) in [7, 11) is 0. The number of carboxylic acid groups (broad SMARTS) is 1. The summed E-state index contributed by atoms with van der Waals surface area (Å²) in [5, 5.41) is 13.3. The number of carbonyl (C=O) groups is 3. The van der Waals surface area contributed by atoms with Gasteiger partial charge in [-0.3, -0.25) is 19.3 Å². The van der Waals surface area contributed by atoms with Crippen molar-refractivity contribution in [1.29, 1.82) is 0 Å². The average Bonchev–Trinajstić information content (AvgIpc) is 3.48. The lowest BCUT2D eigenvalue weighted by Gasteiger charge is -2.72. The van der Waals surface area contributed by atoms with Crippen molar-refractivity contribution >= 4 is 17.8 Å². The molecule has 8 heteroatoms. The van der Waals surface area contributed by atoms with Crippen LogP contribution in [0.1, 0.15) is 146 Å². The maximum Gasteiger partial charge on any atom is 0.309 e. The summed E-state index contributed by atoms with van der Waals surface area (Å²) >= 11 is 0. The molecule has 6 rings (SSSR count). The van der Waals surface area contributed by atoms with Crippen LogP contribution in [0, 0.1) is 56.2 Å². The summed E-state index contributed by atoms with van der Waals surface area (Å²) in [6.07, 6.45) is 11.9. The number of carboxylic acids is 1. The van der Waals surface area contributed by atoms with Crippen LogP contribution in [0.15, 0.2) is 0 Å². The predicted octanol–water partition coefficient (Wildman–Crippen LogP) is 7.79. The summed E-state index contributed by atoms with van der Waals surface area (Å²) in [5.41, 5.74) is -1.24. The van der Waals surface area contributed by atoms with Gasteiger partial charge >= 0.3 is 11.9 Å². The first-order valence-electron chi connectivity index (χ1n) is 20.9. The molecule has 1 heterocycles. The van der Waals surface area contributed by atoms with Gasteiger partial charge in [0.25, 0.3) is 0 Å². The first kappa shape index (κ1) is 39.0. The minimum absolute atomic E-state index is 0.105. The second kappa shape index (κ2) is 13.3. The number of ether oxygens (including phenoxy) is 1. The number of fused-ring (bicyclic) bond motifs is 7. The standard InChI is InChI=1S/C43H73N3O5/c1-11-45-23-25-46(26-24-45)28-38(4,5)44-35(48)43-18-12-13-30(43)29-14-15-32-40(8)19-17-33(51-34(47)27-37(2,3)36(49)50)39(6,7)31(40)16-20-42(32,10)41(29,9)21-22-43/h29-33H,11-28H2,1-10H3,(H,44,48)(H,49,50)/t29-,30-,31+,32-,33+,40+,41-,42-,43+/m1/s1. The summed E-state index contributed by atoms with van der Waals surface area (Å²) in [6, 6.07) is 0. The van der Waals surface area contributed by atoms with Gasteiger partial charge in [-0.15, -0.1) is 0 Å². The maximum absolute atomic E-state index is 14.6. The van der Waals surface area contributed by atoms with Crippen LogP contribution in [0.4, 0.5) is 0 Å². The van der Waals surface area contributed by atoms with E-state index >= 15 is 0 Å². The van der Waals surface area contributed by atoms with Crippen molar-refractivity contribution in [2.45, 2.75) is 158 Å². The van der Waals surface area contributed by atoms with Gasteiger partial charge in [-0.05, 0) is 138 Å². The fourth-order valence-corrected chi connectivity index (χ4v) is 14.1. The quantitative estimate of drug-likeness (QED) is 0.236. The van der Waals surface area contributed by atoms with Crippen LogP contribution >= 0.6 is 0 Å². The topological polar surface area (TPSA) is 99.2 Å². The van der Waals surface area contributed by atoms with Crippen molar-refractivity contribution in [3.8, 4) is 0 Å². The highest BCUT2D eigenvalue weighted by molar-refractivity contribution is 5.84. The molecule has 0 spiro atoms. The van der Waals surface area contributed by atoms with Gasteiger partial charge in [0.05, 0.1) is 17.3 Å². The number of carbonyl (C=O) groups excluding carboxylic acids is 2. The molecule has 0 aromatic heterocycles. The molecule has 5 aliphatic carbocycles. The number of hydrogen-bond donors (Lipinski definition) is 2. The van der Waals surface area contributed by atoms with Gasteiger partial charge in [-0.1, -0.05) is 48.0 Å². The zero-order valence-corrected chi connectivity index (χ0v) is 34.1. The Morgan fingerprint density at radius 1 is 0.765 bits per heavy atom. The van der Waals surface area contributed by atoms with Crippen LogP contribution < -0.4 is 5.32 Å². The monoisotopic (exact) mass is 712 g/mol. The van der Waals surface area contributed by atoms with E-state index < -0.39 is 11.4 Å². The lowest BCUT2D eigenvalue weighted by Crippen LogP contribution is -2.67. The molecule has 290 valence electrons. The average molecular weight is 712 g/mol. The van der Waals surface area contributed by atoms with Crippen LogP contribution in [-0.2, 0) is 19.1 Å². The van der Waals surface area contributed by atoms with E-state index in [4.69, 9.17) is 4.74 Å². The number of nitrogens with zero attached hydrogens (tertiary/aromatic N) is 2. The zero-order chi connectivity index (χ0) is 37.4. The number of likely N-dealkylation sites (N-methyl/N-ethyl adjacent to an activating group) is 1. The van der Waals surface area contributed by atoms with E-state index in [2.05, 4.69) is 70.5 Å². The molecular formula is C43H73N3O5. The van der Waals surface area contributed by atoms with E-state index in [1.54, 1.807) is 13.8 Å². The van der Waals surface area contributed by atoms with Crippen LogP contribution in [0.2, 0.25) is 0 Å². The van der Waals surface area contributed by atoms with Crippen LogP contribution in [-0.4, -0.2) is 83.7 Å². The highest BCUT2D eigenvalue weighted by Gasteiger charge is 2.71. The maximum atomic E-state index is 14.6. The van der Waals surface area contributed by atoms with E-state index in [0.717, 1.165) is 77.8 Å². The van der Waals surface area contributed by atoms with Crippen molar-refractivity contribution in [2.24, 2.45) is 56.2 Å². The largest absolute Gasteiger partial charge is 0.481 e. The number of hydrogen-bond acceptors (Lipinski definition) is 6. The Kier molecular flexibility index (Phi) is 10.2. The van der Waals surface area contributed by atoms with Crippen molar-refractivity contribution in [2.75, 3.05) is 39.3 Å². The van der Waals surface area contributed by atoms with Crippen LogP contribution in [0.5, 0.6) is 0 Å². The van der Waals surface area contributed by atoms with Gasteiger partial charge in [-0.25, -0.2) is 0 Å². The van der Waals surface area contributed by atoms with Crippen molar-refractivity contribution < 1.29 is 24.2 Å². The van der Waals surface area contributed by atoms with E-state index in [9.17, 15) is 19.5 Å². The number of piperazine rings is 1. The normalized spacial score (nSPS) is 41.4. The Morgan fingerprint density at radius 2 is 1.43 bits per heavy atom. The molecule has 0 aromatic carbocycles. The summed E-state index contributed by atoms with van der Waals surface area (Å²) in [6.45, 7) is 28.8. The first-order valence-corrected chi connectivity index (χ1v) is 20.9. The number of esters is 1. The van der Waals surface area contributed by atoms with E-state index in [1.807, 2.05) is 0 Å². The molecule has 51 heavy (non-hydrogen) atoms. The van der Waals surface area contributed by atoms with E-state index in [1.165, 1.54) is 32.1 Å². The molecule has 0 unspecified atom stereocenters. The van der Waals surface area contributed by atoms with Gasteiger partial charge < -0.3 is 20.1 Å². The molecule has 6 fully saturated rings. The van der Waals surface area contributed by atoms with Gasteiger partial charge in [0.15, 0.2) is 0 Å². The second-order valence-electron chi connectivity index (χ2n) is 21.1. The summed E-state index contributed by atoms with van der Waals surface area (Å²) in [4.78, 5) is 44.5. The Morgan fingerprint density at radius 3 is 2.08 bits per heavy atom. The molecule has 5 saturated carbocycles. The van der Waals surface area contributed by atoms with E-state index in [0.29, 0.717) is 29.6 Å². The minimum Gasteiger partial charge on any atom is -0.481 e. The predicted molar refractivity (Wildman–Crippen MR) is 202 cm³/mol. The Labute approximate surface area is 309 Å². The molecule has 1 saturated heterocycles. The Bertz CT molecular complexity index is 1350. The smallest absolute Gasteiger partial charge is 0.309 e. The van der Waals surface area contributed by atoms with Crippen molar-refractivity contribution in [3.05, 3.63) is 0 Å². The lowest BCUT2D eigenvalue weighted by molar-refractivity contribution is -0.247. The summed E-state index contributed by atoms with van der Waals surface area (Å²) < 4.78 is 6.18. The van der Waals surface area contributed by atoms with Gasteiger partial charge in [0.1, 0.15) is 6.10 Å². The summed E-state index contributed by atoms with van der Waals surface area (Å²) in [5.74, 6) is 1.06. The first-order chi connectivity index (χ1) is 23.7. The third kappa shape index (κ3) is 6.40. The highest BCUT2D eigenvalue weighted by Crippen LogP contribution is 2.77. The molecule has 0 radical (unpaired) electrons. The molecule has 8 nitrogen and oxygen atoms in total. The molecule has 0 aromatic rings. The number of aliphatic carboxylic acids is 1.